The van der Waals surface area contributed by atoms with E-state index in [0.717, 1.165) is 37.7 Å². The maximum atomic E-state index is 6.51. The van der Waals surface area contributed by atoms with Crippen molar-refractivity contribution in [2.75, 3.05) is 44.7 Å². The number of rotatable bonds is 5. The van der Waals surface area contributed by atoms with E-state index in [9.17, 15) is 0 Å². The number of halogens is 1. The number of anilines is 1. The third-order valence-electron chi connectivity index (χ3n) is 3.95. The van der Waals surface area contributed by atoms with Gasteiger partial charge in [-0.15, -0.1) is 0 Å². The molecule has 0 amide bonds. The molecule has 1 aliphatic heterocycles. The molecule has 0 bridgehead atoms. The van der Waals surface area contributed by atoms with Gasteiger partial charge in [0, 0.05) is 26.2 Å². The molecule has 0 aromatic heterocycles. The SMILES string of the molecule is CC(C)CNCc1ccc(N2CCCN(C)CC2)c(Cl)c1. The highest BCUT2D eigenvalue weighted by molar-refractivity contribution is 6.33. The fraction of sp³-hybridized carbons (Fsp3) is 0.647. The van der Waals surface area contributed by atoms with Gasteiger partial charge in [0.1, 0.15) is 0 Å². The van der Waals surface area contributed by atoms with Gasteiger partial charge in [-0.1, -0.05) is 31.5 Å². The van der Waals surface area contributed by atoms with Crippen molar-refractivity contribution in [3.05, 3.63) is 28.8 Å². The van der Waals surface area contributed by atoms with E-state index in [1.165, 1.54) is 24.2 Å². The normalized spacial score (nSPS) is 17.3. The van der Waals surface area contributed by atoms with Gasteiger partial charge in [-0.3, -0.25) is 0 Å². The first-order valence-corrected chi connectivity index (χ1v) is 8.36. The highest BCUT2D eigenvalue weighted by Crippen LogP contribution is 2.27. The van der Waals surface area contributed by atoms with Gasteiger partial charge < -0.3 is 15.1 Å². The fourth-order valence-electron chi connectivity index (χ4n) is 2.71. The van der Waals surface area contributed by atoms with Gasteiger partial charge in [0.05, 0.1) is 10.7 Å². The minimum absolute atomic E-state index is 0.675. The fourth-order valence-corrected chi connectivity index (χ4v) is 3.03. The Morgan fingerprint density at radius 3 is 2.71 bits per heavy atom. The van der Waals surface area contributed by atoms with Gasteiger partial charge in [0.15, 0.2) is 0 Å². The quantitative estimate of drug-likeness (QED) is 0.901. The van der Waals surface area contributed by atoms with Crippen LogP contribution in [0, 0.1) is 5.92 Å². The minimum atomic E-state index is 0.675. The van der Waals surface area contributed by atoms with Crippen molar-refractivity contribution in [1.29, 1.82) is 0 Å². The second kappa shape index (κ2) is 8.02. The molecule has 1 aromatic rings. The number of hydrogen-bond donors (Lipinski definition) is 1. The third-order valence-corrected chi connectivity index (χ3v) is 4.26. The zero-order valence-corrected chi connectivity index (χ0v) is 14.3. The van der Waals surface area contributed by atoms with E-state index in [-0.39, 0.29) is 0 Å². The molecule has 1 fully saturated rings. The predicted octanol–water partition coefficient (Wildman–Crippen LogP) is 3.23. The maximum absolute atomic E-state index is 6.51. The second-order valence-corrected chi connectivity index (χ2v) is 6.86. The number of benzene rings is 1. The topological polar surface area (TPSA) is 18.5 Å². The molecule has 1 N–H and O–H groups in total. The lowest BCUT2D eigenvalue weighted by molar-refractivity contribution is 0.360. The Labute approximate surface area is 134 Å². The summed E-state index contributed by atoms with van der Waals surface area (Å²) in [4.78, 5) is 4.80. The van der Waals surface area contributed by atoms with Crippen molar-refractivity contribution in [1.82, 2.24) is 10.2 Å². The van der Waals surface area contributed by atoms with Crippen molar-refractivity contribution in [2.45, 2.75) is 26.8 Å². The third kappa shape index (κ3) is 5.17. The second-order valence-electron chi connectivity index (χ2n) is 6.45. The first kappa shape index (κ1) is 16.6. The average molecular weight is 310 g/mol. The van der Waals surface area contributed by atoms with Gasteiger partial charge in [-0.2, -0.15) is 0 Å². The molecule has 4 heteroatoms. The minimum Gasteiger partial charge on any atom is -0.369 e. The standard InChI is InChI=1S/C17H28ClN3/c1-14(2)12-19-13-15-5-6-17(16(18)11-15)21-8-4-7-20(3)9-10-21/h5-6,11,14,19H,4,7-10,12-13H2,1-3H3. The maximum Gasteiger partial charge on any atom is 0.0642 e. The van der Waals surface area contributed by atoms with E-state index in [4.69, 9.17) is 11.6 Å². The molecule has 2 rings (SSSR count). The van der Waals surface area contributed by atoms with Gasteiger partial charge in [0.25, 0.3) is 0 Å². The Morgan fingerprint density at radius 1 is 1.19 bits per heavy atom. The summed E-state index contributed by atoms with van der Waals surface area (Å²) in [6, 6.07) is 6.49. The van der Waals surface area contributed by atoms with E-state index in [1.54, 1.807) is 0 Å². The van der Waals surface area contributed by atoms with Crippen LogP contribution >= 0.6 is 11.6 Å². The van der Waals surface area contributed by atoms with E-state index in [1.807, 2.05) is 0 Å². The molecule has 3 nitrogen and oxygen atoms in total. The van der Waals surface area contributed by atoms with Gasteiger partial charge >= 0.3 is 0 Å². The van der Waals surface area contributed by atoms with Crippen molar-refractivity contribution >= 4 is 17.3 Å². The molecule has 1 aromatic carbocycles. The molecular weight excluding hydrogens is 282 g/mol. The summed E-state index contributed by atoms with van der Waals surface area (Å²) in [7, 11) is 2.19. The summed E-state index contributed by atoms with van der Waals surface area (Å²) in [5, 5.41) is 4.34. The molecule has 21 heavy (non-hydrogen) atoms. The van der Waals surface area contributed by atoms with Gasteiger partial charge in [-0.05, 0) is 50.2 Å². The molecule has 0 spiro atoms. The van der Waals surface area contributed by atoms with Crippen LogP contribution in [-0.4, -0.2) is 44.7 Å². The molecule has 118 valence electrons. The van der Waals surface area contributed by atoms with Crippen molar-refractivity contribution in [3.8, 4) is 0 Å². The van der Waals surface area contributed by atoms with Crippen LogP contribution in [0.3, 0.4) is 0 Å². The molecule has 0 saturated carbocycles. The smallest absolute Gasteiger partial charge is 0.0642 e. The number of hydrogen-bond acceptors (Lipinski definition) is 3. The van der Waals surface area contributed by atoms with Crippen LogP contribution < -0.4 is 10.2 Å². The number of nitrogens with zero attached hydrogens (tertiary/aromatic N) is 2. The summed E-state index contributed by atoms with van der Waals surface area (Å²) in [5.74, 6) is 0.675. The zero-order chi connectivity index (χ0) is 15.2. The van der Waals surface area contributed by atoms with Crippen LogP contribution in [0.2, 0.25) is 5.02 Å². The van der Waals surface area contributed by atoms with Gasteiger partial charge in [-0.25, -0.2) is 0 Å². The monoisotopic (exact) mass is 309 g/mol. The van der Waals surface area contributed by atoms with E-state index in [2.05, 4.69) is 54.2 Å². The predicted molar refractivity (Wildman–Crippen MR) is 92.3 cm³/mol. The Balaban J connectivity index is 1.98. The first-order valence-electron chi connectivity index (χ1n) is 7.99. The summed E-state index contributed by atoms with van der Waals surface area (Å²) in [6.45, 7) is 10.8. The van der Waals surface area contributed by atoms with Crippen LogP contribution in [-0.2, 0) is 6.54 Å². The van der Waals surface area contributed by atoms with Crippen LogP contribution in [0.15, 0.2) is 18.2 Å². The van der Waals surface area contributed by atoms with E-state index < -0.39 is 0 Å². The molecule has 0 atom stereocenters. The van der Waals surface area contributed by atoms with E-state index in [0.29, 0.717) is 5.92 Å². The highest BCUT2D eigenvalue weighted by atomic mass is 35.5. The Bertz CT molecular complexity index is 448. The van der Waals surface area contributed by atoms with Gasteiger partial charge in [0.2, 0.25) is 0 Å². The largest absolute Gasteiger partial charge is 0.369 e. The number of nitrogens with one attached hydrogen (secondary N) is 1. The van der Waals surface area contributed by atoms with Crippen LogP contribution in [0.5, 0.6) is 0 Å². The lowest BCUT2D eigenvalue weighted by Crippen LogP contribution is -2.29. The number of likely N-dealkylation sites (N-methyl/N-ethyl adjacent to an activating group) is 1. The van der Waals surface area contributed by atoms with Crippen LogP contribution in [0.25, 0.3) is 0 Å². The Kier molecular flexibility index (Phi) is 6.34. The molecule has 1 saturated heterocycles. The molecule has 1 aliphatic rings. The summed E-state index contributed by atoms with van der Waals surface area (Å²) >= 11 is 6.51. The molecular formula is C17H28ClN3. The summed E-state index contributed by atoms with van der Waals surface area (Å²) in [6.07, 6.45) is 1.20. The summed E-state index contributed by atoms with van der Waals surface area (Å²) in [5.41, 5.74) is 2.44. The first-order chi connectivity index (χ1) is 10.1. The van der Waals surface area contributed by atoms with Crippen molar-refractivity contribution in [2.24, 2.45) is 5.92 Å². The van der Waals surface area contributed by atoms with Crippen molar-refractivity contribution in [3.63, 3.8) is 0 Å². The van der Waals surface area contributed by atoms with Crippen molar-refractivity contribution < 1.29 is 0 Å². The molecule has 0 radical (unpaired) electrons. The van der Waals surface area contributed by atoms with E-state index >= 15 is 0 Å². The highest BCUT2D eigenvalue weighted by Gasteiger charge is 2.15. The lowest BCUT2D eigenvalue weighted by Gasteiger charge is -2.24. The molecule has 1 heterocycles. The molecule has 0 unspecified atom stereocenters. The zero-order valence-electron chi connectivity index (χ0n) is 13.5. The summed E-state index contributed by atoms with van der Waals surface area (Å²) < 4.78 is 0. The average Bonchev–Trinajstić information content (AvgIpc) is 2.63. The lowest BCUT2D eigenvalue weighted by atomic mass is 10.1. The molecule has 0 aliphatic carbocycles. The van der Waals surface area contributed by atoms with Crippen LogP contribution in [0.1, 0.15) is 25.8 Å². The Morgan fingerprint density at radius 2 is 2.00 bits per heavy atom. The van der Waals surface area contributed by atoms with Crippen LogP contribution in [0.4, 0.5) is 5.69 Å². The Hall–Kier alpha value is -0.770.